The number of fused-ring (bicyclic) bond motifs is 1. The summed E-state index contributed by atoms with van der Waals surface area (Å²) in [6.07, 6.45) is 5.49. The lowest BCUT2D eigenvalue weighted by Gasteiger charge is -2.48. The summed E-state index contributed by atoms with van der Waals surface area (Å²) in [7, 11) is 0. The number of halogens is 1. The number of aliphatic hydroxyl groups is 1. The van der Waals surface area contributed by atoms with E-state index in [0.717, 1.165) is 42.4 Å². The molecule has 0 aromatic heterocycles. The molecule has 0 bridgehead atoms. The van der Waals surface area contributed by atoms with Gasteiger partial charge >= 0.3 is 0 Å². The summed E-state index contributed by atoms with van der Waals surface area (Å²) in [5.74, 6) is 0.429. The highest BCUT2D eigenvalue weighted by molar-refractivity contribution is 9.10. The largest absolute Gasteiger partial charge is 0.389 e. The molecule has 2 unspecified atom stereocenters. The summed E-state index contributed by atoms with van der Waals surface area (Å²) in [6, 6.07) is 6.41. The van der Waals surface area contributed by atoms with Gasteiger partial charge in [0.25, 0.3) is 0 Å². The Kier molecular flexibility index (Phi) is 4.07. The first-order valence-electron chi connectivity index (χ1n) is 7.58. The second kappa shape index (κ2) is 5.66. The Morgan fingerprint density at radius 3 is 2.95 bits per heavy atom. The summed E-state index contributed by atoms with van der Waals surface area (Å²) < 4.78 is 1.09. The highest BCUT2D eigenvalue weighted by Gasteiger charge is 2.42. The third-order valence-corrected chi connectivity index (χ3v) is 5.79. The second-order valence-electron chi connectivity index (χ2n) is 6.22. The van der Waals surface area contributed by atoms with E-state index in [-0.39, 0.29) is 0 Å². The van der Waals surface area contributed by atoms with Gasteiger partial charge in [-0.25, -0.2) is 0 Å². The molecular weight excluding hydrogens is 316 g/mol. The van der Waals surface area contributed by atoms with Gasteiger partial charge in [-0.15, -0.1) is 0 Å². The quantitative estimate of drug-likeness (QED) is 0.871. The van der Waals surface area contributed by atoms with Crippen molar-refractivity contribution in [2.75, 3.05) is 18.0 Å². The Hall–Kier alpha value is -0.580. The minimum absolute atomic E-state index is 0.400. The fourth-order valence-electron chi connectivity index (χ4n) is 3.70. The third-order valence-electron chi connectivity index (χ3n) is 5.05. The second-order valence-corrected chi connectivity index (χ2v) is 7.08. The van der Waals surface area contributed by atoms with Gasteiger partial charge in [0.1, 0.15) is 0 Å². The Morgan fingerprint density at radius 2 is 2.20 bits per heavy atom. The van der Waals surface area contributed by atoms with Gasteiger partial charge in [0.15, 0.2) is 0 Å². The van der Waals surface area contributed by atoms with E-state index in [1.165, 1.54) is 18.5 Å². The van der Waals surface area contributed by atoms with Crippen molar-refractivity contribution < 1.29 is 5.11 Å². The van der Waals surface area contributed by atoms with E-state index in [2.05, 4.69) is 39.0 Å². The Bertz CT molecular complexity index is 493. The van der Waals surface area contributed by atoms with Crippen molar-refractivity contribution in [3.63, 3.8) is 0 Å². The van der Waals surface area contributed by atoms with Gasteiger partial charge in [0.2, 0.25) is 0 Å². The highest BCUT2D eigenvalue weighted by Crippen LogP contribution is 2.41. The van der Waals surface area contributed by atoms with Crippen LogP contribution in [0.3, 0.4) is 0 Å². The highest BCUT2D eigenvalue weighted by atomic mass is 79.9. The van der Waals surface area contributed by atoms with Gasteiger partial charge in [-0.2, -0.15) is 0 Å². The van der Waals surface area contributed by atoms with Crippen molar-refractivity contribution in [2.24, 2.45) is 11.7 Å². The van der Waals surface area contributed by atoms with Gasteiger partial charge in [-0.1, -0.05) is 34.8 Å². The smallest absolute Gasteiger partial charge is 0.0709 e. The number of anilines is 1. The van der Waals surface area contributed by atoms with E-state index in [0.29, 0.717) is 12.5 Å². The lowest BCUT2D eigenvalue weighted by Crippen LogP contribution is -2.53. The van der Waals surface area contributed by atoms with E-state index in [1.807, 2.05) is 0 Å². The molecule has 3 N–H and O–H groups in total. The van der Waals surface area contributed by atoms with Crippen LogP contribution in [0.4, 0.5) is 5.69 Å². The number of nitrogens with two attached hydrogens (primary N) is 1. The van der Waals surface area contributed by atoms with Crippen molar-refractivity contribution in [3.8, 4) is 0 Å². The maximum Gasteiger partial charge on any atom is 0.0709 e. The first kappa shape index (κ1) is 14.4. The first-order valence-corrected chi connectivity index (χ1v) is 8.37. The number of benzene rings is 1. The van der Waals surface area contributed by atoms with E-state index < -0.39 is 5.60 Å². The van der Waals surface area contributed by atoms with Gasteiger partial charge in [0.05, 0.1) is 5.60 Å². The molecule has 3 nitrogen and oxygen atoms in total. The minimum Gasteiger partial charge on any atom is -0.389 e. The van der Waals surface area contributed by atoms with Gasteiger partial charge in [-0.3, -0.25) is 0 Å². The molecule has 1 aromatic carbocycles. The van der Waals surface area contributed by atoms with E-state index >= 15 is 0 Å². The third kappa shape index (κ3) is 2.61. The van der Waals surface area contributed by atoms with Crippen LogP contribution in [0, 0.1) is 5.92 Å². The van der Waals surface area contributed by atoms with Crippen molar-refractivity contribution in [2.45, 2.75) is 44.2 Å². The lowest BCUT2D eigenvalue weighted by atomic mass is 9.71. The monoisotopic (exact) mass is 338 g/mol. The molecule has 0 spiro atoms. The fraction of sp³-hybridized carbons (Fsp3) is 0.625. The molecule has 3 rings (SSSR count). The summed E-state index contributed by atoms with van der Waals surface area (Å²) in [6.45, 7) is 2.48. The van der Waals surface area contributed by atoms with Gasteiger partial charge in [-0.05, 0) is 37.0 Å². The molecular formula is C16H23BrN2O. The summed E-state index contributed by atoms with van der Waals surface area (Å²) >= 11 is 3.60. The molecule has 1 aromatic rings. The number of hydrogen-bond acceptors (Lipinski definition) is 3. The van der Waals surface area contributed by atoms with Crippen LogP contribution in [0.1, 0.15) is 37.7 Å². The predicted molar refractivity (Wildman–Crippen MR) is 85.8 cm³/mol. The molecule has 0 radical (unpaired) electrons. The molecule has 1 saturated carbocycles. The molecule has 2 fully saturated rings. The lowest BCUT2D eigenvalue weighted by molar-refractivity contribution is -0.0612. The van der Waals surface area contributed by atoms with Gasteiger partial charge < -0.3 is 15.7 Å². The average Bonchev–Trinajstić information content (AvgIpc) is 2.46. The van der Waals surface area contributed by atoms with Crippen molar-refractivity contribution in [1.29, 1.82) is 0 Å². The summed E-state index contributed by atoms with van der Waals surface area (Å²) in [5, 5.41) is 10.7. The number of piperidine rings is 1. The topological polar surface area (TPSA) is 49.5 Å². The van der Waals surface area contributed by atoms with Crippen LogP contribution in [-0.4, -0.2) is 23.8 Å². The number of nitrogens with zero attached hydrogens (tertiary/aromatic N) is 1. The SMILES string of the molecule is NCc1ccc(N2CCC3(O)CCCCC3C2)cc1Br. The number of hydrogen-bond donors (Lipinski definition) is 2. The van der Waals surface area contributed by atoms with Crippen molar-refractivity contribution >= 4 is 21.6 Å². The predicted octanol–water partition coefficient (Wildman–Crippen LogP) is 3.04. The Morgan fingerprint density at radius 1 is 1.35 bits per heavy atom. The molecule has 0 amide bonds. The van der Waals surface area contributed by atoms with Crippen LogP contribution in [0.2, 0.25) is 0 Å². The fourth-order valence-corrected chi connectivity index (χ4v) is 4.23. The van der Waals surface area contributed by atoms with Crippen LogP contribution in [0.25, 0.3) is 0 Å². The first-order chi connectivity index (χ1) is 9.62. The average molecular weight is 339 g/mol. The van der Waals surface area contributed by atoms with E-state index in [1.54, 1.807) is 0 Å². The molecule has 2 aliphatic rings. The van der Waals surface area contributed by atoms with Crippen molar-refractivity contribution in [1.82, 2.24) is 0 Å². The summed E-state index contributed by atoms with van der Waals surface area (Å²) in [5.41, 5.74) is 7.68. The van der Waals surface area contributed by atoms with E-state index in [9.17, 15) is 5.11 Å². The molecule has 2 atom stereocenters. The summed E-state index contributed by atoms with van der Waals surface area (Å²) in [4.78, 5) is 2.41. The number of rotatable bonds is 2. The van der Waals surface area contributed by atoms with Crippen LogP contribution < -0.4 is 10.6 Å². The molecule has 20 heavy (non-hydrogen) atoms. The van der Waals surface area contributed by atoms with Crippen LogP contribution in [0.15, 0.2) is 22.7 Å². The van der Waals surface area contributed by atoms with Crippen LogP contribution in [0.5, 0.6) is 0 Å². The molecule has 1 heterocycles. The maximum absolute atomic E-state index is 10.7. The molecule has 1 saturated heterocycles. The molecule has 1 aliphatic heterocycles. The zero-order valence-corrected chi connectivity index (χ0v) is 13.4. The normalized spacial score (nSPS) is 30.1. The minimum atomic E-state index is -0.400. The standard InChI is InChI=1S/C16H23BrN2O/c17-15-9-14(5-4-12(15)10-18)19-8-7-16(20)6-2-1-3-13(16)11-19/h4-5,9,13,20H,1-3,6-8,10-11,18H2. The van der Waals surface area contributed by atoms with E-state index in [4.69, 9.17) is 5.73 Å². The van der Waals surface area contributed by atoms with Gasteiger partial charge in [0, 0.05) is 35.7 Å². The Labute approximate surface area is 129 Å². The zero-order valence-electron chi connectivity index (χ0n) is 11.8. The molecule has 110 valence electrons. The Balaban J connectivity index is 1.77. The van der Waals surface area contributed by atoms with Crippen molar-refractivity contribution in [3.05, 3.63) is 28.2 Å². The molecule has 4 heteroatoms. The van der Waals surface area contributed by atoms with Crippen LogP contribution >= 0.6 is 15.9 Å². The van der Waals surface area contributed by atoms with Crippen LogP contribution in [-0.2, 0) is 6.54 Å². The molecule has 1 aliphatic carbocycles. The zero-order chi connectivity index (χ0) is 14.2. The maximum atomic E-state index is 10.7.